The van der Waals surface area contributed by atoms with Gasteiger partial charge in [0.1, 0.15) is 6.54 Å². The van der Waals surface area contributed by atoms with Crippen LogP contribution in [0.1, 0.15) is 31.7 Å². The first-order chi connectivity index (χ1) is 12.9. The Hall–Kier alpha value is -2.05. The van der Waals surface area contributed by atoms with Gasteiger partial charge in [0.05, 0.1) is 15.6 Å². The van der Waals surface area contributed by atoms with Crippen LogP contribution >= 0.6 is 11.6 Å². The van der Waals surface area contributed by atoms with Crippen molar-refractivity contribution in [3.05, 3.63) is 59.1 Å². The van der Waals surface area contributed by atoms with Crippen molar-refractivity contribution >= 4 is 33.2 Å². The van der Waals surface area contributed by atoms with Crippen LogP contribution in [0.5, 0.6) is 0 Å². The van der Waals surface area contributed by atoms with Gasteiger partial charge in [0.2, 0.25) is 5.91 Å². The van der Waals surface area contributed by atoms with E-state index in [-0.39, 0.29) is 28.1 Å². The minimum Gasteiger partial charge on any atom is -0.355 e. The van der Waals surface area contributed by atoms with Crippen LogP contribution in [0.25, 0.3) is 0 Å². The third-order valence-electron chi connectivity index (χ3n) is 4.12. The number of para-hydroxylation sites is 1. The lowest BCUT2D eigenvalue weighted by Gasteiger charge is -2.25. The molecule has 2 aromatic rings. The number of amides is 1. The van der Waals surface area contributed by atoms with Crippen molar-refractivity contribution in [3.8, 4) is 0 Å². The SMILES string of the molecule is CCCCCNC(=O)CN(c1ccccc1Cl)S(=O)(=O)c1ccc(C)cc1. The van der Waals surface area contributed by atoms with E-state index in [0.29, 0.717) is 6.54 Å². The lowest BCUT2D eigenvalue weighted by Crippen LogP contribution is -2.41. The summed E-state index contributed by atoms with van der Waals surface area (Å²) in [5, 5.41) is 3.05. The molecule has 1 N–H and O–H groups in total. The number of sulfonamides is 1. The summed E-state index contributed by atoms with van der Waals surface area (Å²) in [6.45, 7) is 4.15. The average Bonchev–Trinajstić information content (AvgIpc) is 2.64. The summed E-state index contributed by atoms with van der Waals surface area (Å²) in [7, 11) is -3.94. The van der Waals surface area contributed by atoms with Crippen LogP contribution in [-0.2, 0) is 14.8 Å². The highest BCUT2D eigenvalue weighted by molar-refractivity contribution is 7.92. The Morgan fingerprint density at radius 3 is 2.37 bits per heavy atom. The van der Waals surface area contributed by atoms with Crippen molar-refractivity contribution in [2.24, 2.45) is 0 Å². The second kappa shape index (κ2) is 9.76. The minimum absolute atomic E-state index is 0.117. The highest BCUT2D eigenvalue weighted by Gasteiger charge is 2.28. The van der Waals surface area contributed by atoms with Crippen LogP contribution in [0.2, 0.25) is 5.02 Å². The van der Waals surface area contributed by atoms with Gasteiger partial charge in [0.15, 0.2) is 0 Å². The number of carbonyl (C=O) groups excluding carboxylic acids is 1. The zero-order valence-corrected chi connectivity index (χ0v) is 17.2. The molecule has 0 aliphatic carbocycles. The molecule has 0 unspecified atom stereocenters. The summed E-state index contributed by atoms with van der Waals surface area (Å²) in [6, 6.07) is 13.1. The summed E-state index contributed by atoms with van der Waals surface area (Å²) in [5.74, 6) is -0.360. The van der Waals surface area contributed by atoms with Crippen molar-refractivity contribution in [3.63, 3.8) is 0 Å². The molecular formula is C20H25ClN2O3S. The van der Waals surface area contributed by atoms with E-state index in [1.165, 1.54) is 12.1 Å². The standard InChI is InChI=1S/C20H25ClN2O3S/c1-3-4-7-14-22-20(24)15-23(19-9-6-5-8-18(19)21)27(25,26)17-12-10-16(2)11-13-17/h5-6,8-13H,3-4,7,14-15H2,1-2H3,(H,22,24). The first kappa shape index (κ1) is 21.3. The molecule has 2 rings (SSSR count). The lowest BCUT2D eigenvalue weighted by molar-refractivity contribution is -0.119. The first-order valence-corrected chi connectivity index (χ1v) is 10.8. The number of nitrogens with one attached hydrogen (secondary N) is 1. The molecule has 0 fully saturated rings. The number of anilines is 1. The summed E-state index contributed by atoms with van der Waals surface area (Å²) < 4.78 is 27.5. The molecule has 2 aromatic carbocycles. The average molecular weight is 409 g/mol. The minimum atomic E-state index is -3.94. The molecule has 0 radical (unpaired) electrons. The van der Waals surface area contributed by atoms with Gasteiger partial charge in [-0.3, -0.25) is 9.10 Å². The molecule has 0 aliphatic heterocycles. The van der Waals surface area contributed by atoms with Gasteiger partial charge in [-0.2, -0.15) is 0 Å². The van der Waals surface area contributed by atoms with Gasteiger partial charge in [-0.25, -0.2) is 8.42 Å². The van der Waals surface area contributed by atoms with E-state index in [1.54, 1.807) is 36.4 Å². The number of aryl methyl sites for hydroxylation is 1. The van der Waals surface area contributed by atoms with Crippen molar-refractivity contribution in [2.45, 2.75) is 38.0 Å². The van der Waals surface area contributed by atoms with E-state index in [4.69, 9.17) is 11.6 Å². The molecule has 0 saturated carbocycles. The third-order valence-corrected chi connectivity index (χ3v) is 6.21. The van der Waals surface area contributed by atoms with E-state index < -0.39 is 10.0 Å². The van der Waals surface area contributed by atoms with Gasteiger partial charge in [-0.1, -0.05) is 61.2 Å². The number of rotatable bonds is 9. The predicted octanol–water partition coefficient (Wildman–Crippen LogP) is 4.15. The fraction of sp³-hybridized carbons (Fsp3) is 0.350. The van der Waals surface area contributed by atoms with Gasteiger partial charge in [-0.15, -0.1) is 0 Å². The van der Waals surface area contributed by atoms with E-state index in [1.807, 2.05) is 6.92 Å². The molecule has 0 heterocycles. The number of carbonyl (C=O) groups is 1. The number of halogens is 1. The Kier molecular flexibility index (Phi) is 7.68. The Morgan fingerprint density at radius 2 is 1.74 bits per heavy atom. The van der Waals surface area contributed by atoms with E-state index in [2.05, 4.69) is 12.2 Å². The highest BCUT2D eigenvalue weighted by atomic mass is 35.5. The Bertz CT molecular complexity index is 867. The molecule has 1 amide bonds. The molecule has 27 heavy (non-hydrogen) atoms. The second-order valence-electron chi connectivity index (χ2n) is 6.33. The van der Waals surface area contributed by atoms with Crippen LogP contribution in [0.3, 0.4) is 0 Å². The van der Waals surface area contributed by atoms with Gasteiger partial charge in [-0.05, 0) is 37.6 Å². The second-order valence-corrected chi connectivity index (χ2v) is 8.60. The van der Waals surface area contributed by atoms with Crippen LogP contribution in [-0.4, -0.2) is 27.4 Å². The van der Waals surface area contributed by atoms with Crippen molar-refractivity contribution < 1.29 is 13.2 Å². The molecular weight excluding hydrogens is 384 g/mol. The van der Waals surface area contributed by atoms with Crippen LogP contribution in [0.4, 0.5) is 5.69 Å². The highest BCUT2D eigenvalue weighted by Crippen LogP contribution is 2.30. The van der Waals surface area contributed by atoms with E-state index in [9.17, 15) is 13.2 Å². The quantitative estimate of drug-likeness (QED) is 0.634. The van der Waals surface area contributed by atoms with Gasteiger partial charge in [0.25, 0.3) is 10.0 Å². The monoisotopic (exact) mass is 408 g/mol. The van der Waals surface area contributed by atoms with E-state index in [0.717, 1.165) is 29.1 Å². The maximum absolute atomic E-state index is 13.2. The van der Waals surface area contributed by atoms with E-state index >= 15 is 0 Å². The Labute approximate surface area is 166 Å². The number of hydrogen-bond acceptors (Lipinski definition) is 3. The Balaban J connectivity index is 2.31. The topological polar surface area (TPSA) is 66.5 Å². The molecule has 5 nitrogen and oxygen atoms in total. The fourth-order valence-corrected chi connectivity index (χ4v) is 4.31. The summed E-state index contributed by atoms with van der Waals surface area (Å²) in [5.41, 5.74) is 1.23. The van der Waals surface area contributed by atoms with Crippen LogP contribution in [0, 0.1) is 6.92 Å². The maximum atomic E-state index is 13.2. The zero-order valence-electron chi connectivity index (χ0n) is 15.6. The molecule has 146 valence electrons. The number of nitrogens with zero attached hydrogens (tertiary/aromatic N) is 1. The smallest absolute Gasteiger partial charge is 0.264 e. The fourth-order valence-electron chi connectivity index (χ4n) is 2.58. The lowest BCUT2D eigenvalue weighted by atomic mass is 10.2. The maximum Gasteiger partial charge on any atom is 0.264 e. The molecule has 0 aliphatic rings. The molecule has 0 bridgehead atoms. The van der Waals surface area contributed by atoms with Gasteiger partial charge in [0, 0.05) is 6.54 Å². The molecule has 0 aromatic heterocycles. The van der Waals surface area contributed by atoms with Gasteiger partial charge >= 0.3 is 0 Å². The summed E-state index contributed by atoms with van der Waals surface area (Å²) in [4.78, 5) is 12.5. The summed E-state index contributed by atoms with van der Waals surface area (Å²) in [6.07, 6.45) is 2.92. The first-order valence-electron chi connectivity index (χ1n) is 8.97. The zero-order chi connectivity index (χ0) is 19.9. The third kappa shape index (κ3) is 5.71. The van der Waals surface area contributed by atoms with Crippen molar-refractivity contribution in [1.29, 1.82) is 0 Å². The largest absolute Gasteiger partial charge is 0.355 e. The Morgan fingerprint density at radius 1 is 1.07 bits per heavy atom. The number of unbranched alkanes of at least 4 members (excludes halogenated alkanes) is 2. The van der Waals surface area contributed by atoms with Crippen molar-refractivity contribution in [2.75, 3.05) is 17.4 Å². The predicted molar refractivity (Wildman–Crippen MR) is 110 cm³/mol. The molecule has 0 atom stereocenters. The molecule has 0 saturated heterocycles. The van der Waals surface area contributed by atoms with Gasteiger partial charge < -0.3 is 5.32 Å². The van der Waals surface area contributed by atoms with Crippen LogP contribution in [0.15, 0.2) is 53.4 Å². The molecule has 0 spiro atoms. The molecule has 7 heteroatoms. The van der Waals surface area contributed by atoms with Crippen LogP contribution < -0.4 is 9.62 Å². The normalized spacial score (nSPS) is 11.2. The summed E-state index contributed by atoms with van der Waals surface area (Å²) >= 11 is 6.23. The van der Waals surface area contributed by atoms with Crippen molar-refractivity contribution in [1.82, 2.24) is 5.32 Å². The number of hydrogen-bond donors (Lipinski definition) is 1. The number of benzene rings is 2.